The monoisotopic (exact) mass is 505 g/mol. The molecule has 3 aromatic heterocycles. The zero-order valence-electron chi connectivity index (χ0n) is 17.4. The summed E-state index contributed by atoms with van der Waals surface area (Å²) in [4.78, 5) is 8.06. The Kier molecular flexibility index (Phi) is 6.07. The third-order valence-corrected chi connectivity index (χ3v) is 6.79. The Morgan fingerprint density at radius 2 is 1.91 bits per heavy atom. The van der Waals surface area contributed by atoms with E-state index in [9.17, 15) is 26.9 Å². The first kappa shape index (κ1) is 23.7. The van der Waals surface area contributed by atoms with Crippen LogP contribution in [0.15, 0.2) is 65.8 Å². The lowest BCUT2D eigenvalue weighted by atomic mass is 10.1. The van der Waals surface area contributed by atoms with E-state index in [0.29, 0.717) is 34.4 Å². The smallest absolute Gasteiger partial charge is 0.291 e. The van der Waals surface area contributed by atoms with Gasteiger partial charge in [0.1, 0.15) is 22.8 Å². The Bertz CT molecular complexity index is 1510. The number of aromatic nitrogens is 3. The standard InChI is InChI=1S/C22H15ClF3N5O2S/c1-13(22(24,25)26)30-34(32,33)15-6-7-18(29-12-15)21-17(11-27)16-10-14(23)5-8-19(16)31(21)20-4-2-3-9-28-20/h2-10,12-13,30H,1H3/t13-/m1/s1. The van der Waals surface area contributed by atoms with E-state index in [4.69, 9.17) is 11.6 Å². The molecule has 0 aliphatic heterocycles. The largest absolute Gasteiger partial charge is 0.404 e. The molecule has 0 unspecified atom stereocenters. The van der Waals surface area contributed by atoms with Crippen LogP contribution in [0.25, 0.3) is 28.1 Å². The van der Waals surface area contributed by atoms with Crippen molar-refractivity contribution in [2.45, 2.75) is 24.0 Å². The molecule has 0 saturated carbocycles. The van der Waals surface area contributed by atoms with Crippen molar-refractivity contribution in [3.8, 4) is 23.3 Å². The van der Waals surface area contributed by atoms with Gasteiger partial charge in [0.2, 0.25) is 10.0 Å². The maximum absolute atomic E-state index is 12.8. The number of hydrogen-bond donors (Lipinski definition) is 1. The number of fused-ring (bicyclic) bond motifs is 1. The SMILES string of the molecule is C[C@@H](NS(=O)(=O)c1ccc(-c2c(C#N)c3cc(Cl)ccc3n2-c2ccccn2)nc1)C(F)(F)F. The van der Waals surface area contributed by atoms with Crippen molar-refractivity contribution in [1.29, 1.82) is 5.26 Å². The second kappa shape index (κ2) is 8.72. The first-order chi connectivity index (χ1) is 16.0. The van der Waals surface area contributed by atoms with Crippen molar-refractivity contribution in [2.75, 3.05) is 0 Å². The molecule has 12 heteroatoms. The van der Waals surface area contributed by atoms with Gasteiger partial charge < -0.3 is 0 Å². The number of pyridine rings is 2. The fourth-order valence-corrected chi connectivity index (χ4v) is 4.74. The summed E-state index contributed by atoms with van der Waals surface area (Å²) >= 11 is 6.14. The molecule has 1 N–H and O–H groups in total. The van der Waals surface area contributed by atoms with Gasteiger partial charge in [-0.2, -0.15) is 23.2 Å². The molecule has 1 aromatic carbocycles. The van der Waals surface area contributed by atoms with Gasteiger partial charge in [0, 0.05) is 22.8 Å². The normalized spacial score (nSPS) is 13.1. The molecule has 0 bridgehead atoms. The van der Waals surface area contributed by atoms with Crippen molar-refractivity contribution in [2.24, 2.45) is 0 Å². The van der Waals surface area contributed by atoms with Crippen LogP contribution in [0.5, 0.6) is 0 Å². The average Bonchev–Trinajstić information content (AvgIpc) is 3.12. The molecule has 1 atom stereocenters. The van der Waals surface area contributed by atoms with Gasteiger partial charge in [-0.1, -0.05) is 17.7 Å². The minimum atomic E-state index is -4.74. The van der Waals surface area contributed by atoms with Gasteiger partial charge in [0.25, 0.3) is 0 Å². The lowest BCUT2D eigenvalue weighted by molar-refractivity contribution is -0.147. The molecule has 3 heterocycles. The van der Waals surface area contributed by atoms with E-state index in [1.54, 1.807) is 51.9 Å². The second-order valence-corrected chi connectivity index (χ2v) is 9.43. The minimum Gasteiger partial charge on any atom is -0.291 e. The molecule has 0 amide bonds. The Morgan fingerprint density at radius 3 is 2.50 bits per heavy atom. The maximum atomic E-state index is 12.8. The van der Waals surface area contributed by atoms with E-state index < -0.39 is 27.1 Å². The lowest BCUT2D eigenvalue weighted by Crippen LogP contribution is -2.42. The van der Waals surface area contributed by atoms with Gasteiger partial charge in [-0.05, 0) is 49.4 Å². The van der Waals surface area contributed by atoms with E-state index >= 15 is 0 Å². The number of alkyl halides is 3. The van der Waals surface area contributed by atoms with Crippen molar-refractivity contribution in [3.63, 3.8) is 0 Å². The topological polar surface area (TPSA) is 101 Å². The number of nitrogens with zero attached hydrogens (tertiary/aromatic N) is 4. The van der Waals surface area contributed by atoms with Crippen LogP contribution in [0.1, 0.15) is 12.5 Å². The predicted molar refractivity (Wildman–Crippen MR) is 120 cm³/mol. The highest BCUT2D eigenvalue weighted by atomic mass is 35.5. The van der Waals surface area contributed by atoms with Crippen LogP contribution in [0.2, 0.25) is 5.02 Å². The fraction of sp³-hybridized carbons (Fsp3) is 0.136. The molecule has 0 aliphatic rings. The summed E-state index contributed by atoms with van der Waals surface area (Å²) < 4.78 is 66.5. The molecule has 0 saturated heterocycles. The van der Waals surface area contributed by atoms with E-state index in [2.05, 4.69) is 16.0 Å². The molecule has 0 spiro atoms. The van der Waals surface area contributed by atoms with Crippen molar-refractivity contribution < 1.29 is 21.6 Å². The molecule has 174 valence electrons. The molecule has 4 aromatic rings. The van der Waals surface area contributed by atoms with Gasteiger partial charge in [-0.15, -0.1) is 0 Å². The predicted octanol–water partition coefficient (Wildman–Crippen LogP) is 4.84. The van der Waals surface area contributed by atoms with Gasteiger partial charge in [0.15, 0.2) is 0 Å². The summed E-state index contributed by atoms with van der Waals surface area (Å²) in [5.41, 5.74) is 1.40. The molecule has 0 fully saturated rings. The molecular weight excluding hydrogens is 491 g/mol. The zero-order valence-corrected chi connectivity index (χ0v) is 18.9. The number of halogens is 4. The molecule has 0 aliphatic carbocycles. The molecule has 0 radical (unpaired) electrons. The highest BCUT2D eigenvalue weighted by molar-refractivity contribution is 7.89. The van der Waals surface area contributed by atoms with E-state index in [-0.39, 0.29) is 11.3 Å². The number of nitrogens with one attached hydrogen (secondary N) is 1. The van der Waals surface area contributed by atoms with Gasteiger partial charge in [-0.25, -0.2) is 13.4 Å². The van der Waals surface area contributed by atoms with Crippen LogP contribution in [0, 0.1) is 11.3 Å². The Morgan fingerprint density at radius 1 is 1.15 bits per heavy atom. The van der Waals surface area contributed by atoms with Crippen LogP contribution in [0.3, 0.4) is 0 Å². The number of benzene rings is 1. The quantitative estimate of drug-likeness (QED) is 0.418. The highest BCUT2D eigenvalue weighted by Crippen LogP contribution is 2.36. The maximum Gasteiger partial charge on any atom is 0.404 e. The lowest BCUT2D eigenvalue weighted by Gasteiger charge is -2.17. The van der Waals surface area contributed by atoms with E-state index in [1.807, 2.05) is 0 Å². The first-order valence-corrected chi connectivity index (χ1v) is 11.6. The summed E-state index contributed by atoms with van der Waals surface area (Å²) in [5, 5.41) is 10.9. The summed E-state index contributed by atoms with van der Waals surface area (Å²) in [5.74, 6) is 0.477. The van der Waals surface area contributed by atoms with Crippen molar-refractivity contribution in [3.05, 3.63) is 71.5 Å². The third kappa shape index (κ3) is 4.35. The van der Waals surface area contributed by atoms with Crippen LogP contribution < -0.4 is 4.72 Å². The van der Waals surface area contributed by atoms with Crippen LogP contribution in [-0.4, -0.2) is 35.2 Å². The summed E-state index contributed by atoms with van der Waals surface area (Å²) in [7, 11) is -4.48. The number of rotatable bonds is 5. The van der Waals surface area contributed by atoms with Gasteiger partial charge in [0.05, 0.1) is 22.5 Å². The van der Waals surface area contributed by atoms with Crippen molar-refractivity contribution >= 4 is 32.5 Å². The minimum absolute atomic E-state index is 0.220. The van der Waals surface area contributed by atoms with Crippen LogP contribution in [-0.2, 0) is 10.0 Å². The second-order valence-electron chi connectivity index (χ2n) is 7.28. The van der Waals surface area contributed by atoms with E-state index in [1.165, 1.54) is 6.07 Å². The van der Waals surface area contributed by atoms with Gasteiger partial charge in [-0.3, -0.25) is 9.55 Å². The highest BCUT2D eigenvalue weighted by Gasteiger charge is 2.39. The number of sulfonamides is 1. The Labute approximate surface area is 197 Å². The fourth-order valence-electron chi connectivity index (χ4n) is 3.39. The van der Waals surface area contributed by atoms with Crippen LogP contribution in [0.4, 0.5) is 13.2 Å². The average molecular weight is 506 g/mol. The molecule has 34 heavy (non-hydrogen) atoms. The van der Waals surface area contributed by atoms with E-state index in [0.717, 1.165) is 12.3 Å². The summed E-state index contributed by atoms with van der Waals surface area (Å²) in [6, 6.07) is 12.5. The zero-order chi connectivity index (χ0) is 24.7. The third-order valence-electron chi connectivity index (χ3n) is 5.03. The van der Waals surface area contributed by atoms with Crippen molar-refractivity contribution in [1.82, 2.24) is 19.3 Å². The first-order valence-electron chi connectivity index (χ1n) is 9.74. The Hall–Kier alpha value is -3.46. The number of hydrogen-bond acceptors (Lipinski definition) is 5. The Balaban J connectivity index is 1.87. The summed E-state index contributed by atoms with van der Waals surface area (Å²) in [6.45, 7) is 0.703. The molecule has 4 rings (SSSR count). The van der Waals surface area contributed by atoms with Gasteiger partial charge >= 0.3 is 6.18 Å². The molecule has 7 nitrogen and oxygen atoms in total. The molecular formula is C22H15ClF3N5O2S. The van der Waals surface area contributed by atoms with Crippen LogP contribution >= 0.6 is 11.6 Å². The summed E-state index contributed by atoms with van der Waals surface area (Å²) in [6.07, 6.45) is -2.23. The number of nitriles is 1.